The number of hydrogen-bond acceptors (Lipinski definition) is 1. The van der Waals surface area contributed by atoms with Crippen LogP contribution in [0.25, 0.3) is 71.6 Å². The van der Waals surface area contributed by atoms with Crippen LogP contribution in [0.4, 0.5) is 17.1 Å². The first-order chi connectivity index (χ1) is 31.6. The van der Waals surface area contributed by atoms with Crippen LogP contribution < -0.4 is 4.90 Å². The second-order valence-electron chi connectivity index (χ2n) is 19.1. The Bertz CT molecular complexity index is 3380. The van der Waals surface area contributed by atoms with Crippen LogP contribution in [0.1, 0.15) is 38.2 Å². The molecule has 0 radical (unpaired) electrons. The molecule has 0 amide bonds. The molecule has 3 aliphatic rings. The van der Waals surface area contributed by atoms with Gasteiger partial charge in [0.05, 0.1) is 16.7 Å². The Kier molecular flexibility index (Phi) is 8.60. The molecule has 0 N–H and O–H groups in total. The Morgan fingerprint density at radius 3 is 1.83 bits per heavy atom. The fourth-order valence-corrected chi connectivity index (χ4v) is 13.0. The van der Waals surface area contributed by atoms with E-state index in [0.29, 0.717) is 5.41 Å². The van der Waals surface area contributed by atoms with Gasteiger partial charge in [-0.25, -0.2) is 0 Å². The van der Waals surface area contributed by atoms with Crippen molar-refractivity contribution in [3.05, 3.63) is 218 Å². The van der Waals surface area contributed by atoms with Gasteiger partial charge in [0.15, 0.2) is 0 Å². The fourth-order valence-electron chi connectivity index (χ4n) is 13.0. The molecule has 3 fully saturated rings. The lowest BCUT2D eigenvalue weighted by molar-refractivity contribution is -0.159. The summed E-state index contributed by atoms with van der Waals surface area (Å²) in [4.78, 5) is 2.49. The second-order valence-corrected chi connectivity index (χ2v) is 19.1. The highest BCUT2D eigenvalue weighted by atomic mass is 15.1. The Morgan fingerprint density at radius 1 is 0.453 bits per heavy atom. The maximum absolute atomic E-state index is 2.55. The number of nitrogens with zero attached hydrogens (tertiary/aromatic N) is 2. The minimum Gasteiger partial charge on any atom is -0.310 e. The van der Waals surface area contributed by atoms with Crippen molar-refractivity contribution in [2.45, 2.75) is 38.0 Å². The van der Waals surface area contributed by atoms with Crippen LogP contribution in [0.2, 0.25) is 0 Å². The van der Waals surface area contributed by atoms with E-state index in [1.807, 2.05) is 0 Å². The molecular weight excluding hydrogens is 773 g/mol. The Morgan fingerprint density at radius 2 is 1.08 bits per heavy atom. The lowest BCUT2D eigenvalue weighted by atomic mass is 9.34. The number of anilines is 3. The van der Waals surface area contributed by atoms with Gasteiger partial charge >= 0.3 is 0 Å². The van der Waals surface area contributed by atoms with Gasteiger partial charge in [-0.05, 0) is 142 Å². The summed E-state index contributed by atoms with van der Waals surface area (Å²) in [5.41, 5.74) is 16.4. The lowest BCUT2D eigenvalue weighted by Gasteiger charge is -2.70. The van der Waals surface area contributed by atoms with Crippen molar-refractivity contribution in [3.8, 4) is 39.1 Å². The summed E-state index contributed by atoms with van der Waals surface area (Å²) in [6, 6.07) is 78.9. The number of hydrogen-bond donors (Lipinski definition) is 0. The Balaban J connectivity index is 0.929. The smallest absolute Gasteiger partial charge is 0.0619 e. The molecule has 13 rings (SSSR count). The van der Waals surface area contributed by atoms with Gasteiger partial charge in [-0.2, -0.15) is 0 Å². The molecule has 10 aromatic rings. The molecule has 3 unspecified atom stereocenters. The molecule has 2 heteroatoms. The predicted octanol–water partition coefficient (Wildman–Crippen LogP) is 16.7. The third-order valence-electron chi connectivity index (χ3n) is 15.6. The van der Waals surface area contributed by atoms with E-state index in [2.05, 4.69) is 229 Å². The van der Waals surface area contributed by atoms with Crippen molar-refractivity contribution in [1.82, 2.24) is 4.57 Å². The van der Waals surface area contributed by atoms with Crippen molar-refractivity contribution in [2.75, 3.05) is 4.90 Å². The standard InChI is InChI=1S/C62H50N2/c1-41-36-46-37-47-40-62(39-41,60(46)47)48-17-13-18-51(38-48)63(49-31-26-44(27-32-49)53-20-8-7-19-52(53)42-14-3-2-4-15-42)50-33-28-45(29-34-50)54-21-9-11-24-58(54)64-59-25-12-10-23-56(59)57-35-30-43-16-5-6-22-55(43)61(57)64/h2-35,38,41,46-47,60H,36-37,39-40H2,1H3/t41-,46?,47-,60?,62?/m0/s1. The molecule has 0 saturated heterocycles. The van der Waals surface area contributed by atoms with Crippen LogP contribution in [-0.4, -0.2) is 4.57 Å². The van der Waals surface area contributed by atoms with E-state index in [-0.39, 0.29) is 0 Å². The third kappa shape index (κ3) is 5.78. The number of rotatable bonds is 8. The minimum atomic E-state index is 0.323. The maximum Gasteiger partial charge on any atom is 0.0619 e. The highest BCUT2D eigenvalue weighted by Crippen LogP contribution is 2.71. The van der Waals surface area contributed by atoms with Gasteiger partial charge in [-0.1, -0.05) is 171 Å². The summed E-state index contributed by atoms with van der Waals surface area (Å²) in [5, 5.41) is 5.06. The number of aromatic nitrogens is 1. The largest absolute Gasteiger partial charge is 0.310 e. The van der Waals surface area contributed by atoms with Crippen LogP contribution in [0.3, 0.4) is 0 Å². The molecule has 64 heavy (non-hydrogen) atoms. The molecule has 3 aliphatic carbocycles. The maximum atomic E-state index is 2.55. The normalized spacial score (nSPS) is 21.0. The molecule has 0 bridgehead atoms. The van der Waals surface area contributed by atoms with Crippen molar-refractivity contribution < 1.29 is 0 Å². The average molecular weight is 823 g/mol. The molecule has 1 heterocycles. The summed E-state index contributed by atoms with van der Waals surface area (Å²) >= 11 is 0. The van der Waals surface area contributed by atoms with Crippen molar-refractivity contribution >= 4 is 49.6 Å². The van der Waals surface area contributed by atoms with Crippen LogP contribution >= 0.6 is 0 Å². The second kappa shape index (κ2) is 14.7. The molecular formula is C62H50N2. The van der Waals surface area contributed by atoms with Crippen molar-refractivity contribution in [2.24, 2.45) is 23.7 Å². The quantitative estimate of drug-likeness (QED) is 0.148. The molecule has 0 spiro atoms. The zero-order valence-electron chi connectivity index (χ0n) is 36.2. The van der Waals surface area contributed by atoms with Crippen molar-refractivity contribution in [1.29, 1.82) is 0 Å². The number of fused-ring (bicyclic) bond motifs is 5. The molecule has 1 aromatic heterocycles. The topological polar surface area (TPSA) is 8.17 Å². The summed E-state index contributed by atoms with van der Waals surface area (Å²) < 4.78 is 2.49. The van der Waals surface area contributed by atoms with Gasteiger partial charge in [0.2, 0.25) is 0 Å². The highest BCUT2D eigenvalue weighted by Gasteiger charge is 2.65. The fraction of sp³-hybridized carbons (Fsp3) is 0.161. The molecule has 5 atom stereocenters. The molecule has 2 nitrogen and oxygen atoms in total. The first kappa shape index (κ1) is 37.4. The first-order valence-electron chi connectivity index (χ1n) is 23.4. The van der Waals surface area contributed by atoms with E-state index in [1.165, 1.54) is 103 Å². The number of benzene rings is 9. The van der Waals surface area contributed by atoms with Gasteiger partial charge < -0.3 is 9.47 Å². The average Bonchev–Trinajstić information content (AvgIpc) is 3.68. The summed E-state index contributed by atoms with van der Waals surface area (Å²) in [6.07, 6.45) is 5.54. The van der Waals surface area contributed by atoms with E-state index < -0.39 is 0 Å². The van der Waals surface area contributed by atoms with E-state index in [4.69, 9.17) is 0 Å². The zero-order chi connectivity index (χ0) is 42.4. The lowest BCUT2D eigenvalue weighted by Crippen LogP contribution is -2.65. The van der Waals surface area contributed by atoms with Gasteiger partial charge in [0, 0.05) is 38.8 Å². The minimum absolute atomic E-state index is 0.323. The summed E-state index contributed by atoms with van der Waals surface area (Å²) in [7, 11) is 0. The van der Waals surface area contributed by atoms with E-state index in [9.17, 15) is 0 Å². The van der Waals surface area contributed by atoms with Crippen LogP contribution in [0.15, 0.2) is 212 Å². The molecule has 3 saturated carbocycles. The van der Waals surface area contributed by atoms with Gasteiger partial charge in [0.25, 0.3) is 0 Å². The third-order valence-corrected chi connectivity index (χ3v) is 15.6. The van der Waals surface area contributed by atoms with Crippen molar-refractivity contribution in [3.63, 3.8) is 0 Å². The monoisotopic (exact) mass is 822 g/mol. The Hall–Kier alpha value is -7.16. The molecule has 308 valence electrons. The first-order valence-corrected chi connectivity index (χ1v) is 23.4. The highest BCUT2D eigenvalue weighted by molar-refractivity contribution is 6.19. The molecule has 0 aliphatic heterocycles. The predicted molar refractivity (Wildman–Crippen MR) is 269 cm³/mol. The number of para-hydroxylation sites is 2. The zero-order valence-corrected chi connectivity index (χ0v) is 36.2. The van der Waals surface area contributed by atoms with E-state index in [0.717, 1.165) is 35.0 Å². The van der Waals surface area contributed by atoms with Gasteiger partial charge in [-0.15, -0.1) is 0 Å². The summed E-state index contributed by atoms with van der Waals surface area (Å²) in [5.74, 6) is 3.49. The van der Waals surface area contributed by atoms with Crippen LogP contribution in [0.5, 0.6) is 0 Å². The van der Waals surface area contributed by atoms with Crippen LogP contribution in [-0.2, 0) is 5.41 Å². The molecule has 9 aromatic carbocycles. The SMILES string of the molecule is C[C@H]1CC2C[C@H]3CC(c4cccc(N(c5ccc(-c6ccccc6-c6ccccc6)cc5)c5ccc(-c6ccccc6-n6c7ccccc7c7ccc8ccccc8c76)cc5)c4)(C1)C23. The van der Waals surface area contributed by atoms with E-state index in [1.54, 1.807) is 5.56 Å². The van der Waals surface area contributed by atoms with Gasteiger partial charge in [-0.3, -0.25) is 0 Å². The summed E-state index contributed by atoms with van der Waals surface area (Å²) in [6.45, 7) is 2.50. The van der Waals surface area contributed by atoms with Gasteiger partial charge in [0.1, 0.15) is 0 Å². The van der Waals surface area contributed by atoms with Crippen LogP contribution in [0, 0.1) is 23.7 Å². The Labute approximate surface area is 376 Å². The van der Waals surface area contributed by atoms with E-state index >= 15 is 0 Å².